The molecule has 0 aromatic heterocycles. The van der Waals surface area contributed by atoms with E-state index >= 15 is 0 Å². The number of nitrogens with two attached hydrogens (primary N) is 1. The van der Waals surface area contributed by atoms with Crippen molar-refractivity contribution < 1.29 is 26.3 Å². The van der Waals surface area contributed by atoms with Crippen LogP contribution in [0, 0.1) is 6.92 Å². The molecule has 0 atom stereocenters. The minimum absolute atomic E-state index is 0.00581. The lowest BCUT2D eigenvalue weighted by atomic mass is 10.2. The first kappa shape index (κ1) is 18.0. The third-order valence-electron chi connectivity index (χ3n) is 2.17. The predicted molar refractivity (Wildman–Crippen MR) is 70.3 cm³/mol. The number of halogens is 7. The zero-order chi connectivity index (χ0) is 16.4. The van der Waals surface area contributed by atoms with Crippen LogP contribution in [-0.2, 0) is 0 Å². The normalized spacial score (nSPS) is 13.6. The fourth-order valence-corrected chi connectivity index (χ4v) is 2.32. The molecule has 0 radical (unpaired) electrons. The van der Waals surface area contributed by atoms with Crippen LogP contribution in [0.2, 0.25) is 5.02 Å². The van der Waals surface area contributed by atoms with E-state index in [4.69, 9.17) is 17.3 Å². The molecular weight excluding hydrogens is 342 g/mol. The zero-order valence-electron chi connectivity index (χ0n) is 10.4. The van der Waals surface area contributed by atoms with Gasteiger partial charge in [-0.15, -0.1) is 11.8 Å². The van der Waals surface area contributed by atoms with E-state index in [2.05, 4.69) is 4.99 Å². The monoisotopic (exact) mass is 350 g/mol. The minimum atomic E-state index is -4.81. The molecule has 0 saturated carbocycles. The summed E-state index contributed by atoms with van der Waals surface area (Å²) in [5.41, 5.74) is 4.87. The number of hydrogen-bond donors (Lipinski definition) is 1. The van der Waals surface area contributed by atoms with E-state index in [1.165, 1.54) is 13.0 Å². The van der Waals surface area contributed by atoms with Crippen LogP contribution in [0.4, 0.5) is 32.0 Å². The Labute approximate surface area is 125 Å². The summed E-state index contributed by atoms with van der Waals surface area (Å²) >= 11 is 6.13. The van der Waals surface area contributed by atoms with Gasteiger partial charge in [0.1, 0.15) is 0 Å². The molecule has 0 fully saturated rings. The molecule has 2 nitrogen and oxygen atoms in total. The maximum absolute atomic E-state index is 12.3. The van der Waals surface area contributed by atoms with Crippen LogP contribution in [0.5, 0.6) is 0 Å². The lowest BCUT2D eigenvalue weighted by Crippen LogP contribution is -2.30. The Hall–Kier alpha value is -1.09. The van der Waals surface area contributed by atoms with Crippen LogP contribution in [0.15, 0.2) is 22.0 Å². The summed E-state index contributed by atoms with van der Waals surface area (Å²) in [4.78, 5) is 3.17. The number of alkyl halides is 6. The maximum atomic E-state index is 12.3. The Morgan fingerprint density at radius 2 is 1.81 bits per heavy atom. The molecule has 0 spiro atoms. The number of hydrogen-bond acceptors (Lipinski definition) is 2. The molecule has 1 aromatic rings. The summed E-state index contributed by atoms with van der Waals surface area (Å²) < 4.78 is 73.4. The van der Waals surface area contributed by atoms with Gasteiger partial charge < -0.3 is 5.73 Å². The minimum Gasteiger partial charge on any atom is -0.380 e. The first-order chi connectivity index (χ1) is 9.40. The smallest absolute Gasteiger partial charge is 0.380 e. The molecule has 0 amide bonds. The summed E-state index contributed by atoms with van der Waals surface area (Å²) in [6, 6.07) is 2.29. The first-order valence-electron chi connectivity index (χ1n) is 5.31. The fourth-order valence-electron chi connectivity index (χ4n) is 1.23. The lowest BCUT2D eigenvalue weighted by Gasteiger charge is -2.11. The SMILES string of the molecule is Cc1cc(Cl)c(SCC(F)(F)F)cc1/N=C(\N)C(F)(F)F. The van der Waals surface area contributed by atoms with Crippen LogP contribution >= 0.6 is 23.4 Å². The maximum Gasteiger partial charge on any atom is 0.448 e. The average Bonchev–Trinajstić information content (AvgIpc) is 2.28. The highest BCUT2D eigenvalue weighted by Gasteiger charge is 2.33. The molecule has 1 aromatic carbocycles. The molecule has 0 aliphatic rings. The van der Waals surface area contributed by atoms with Crippen molar-refractivity contribution in [3.05, 3.63) is 22.7 Å². The molecule has 0 aliphatic carbocycles. The van der Waals surface area contributed by atoms with Gasteiger partial charge in [0, 0.05) is 4.90 Å². The van der Waals surface area contributed by atoms with Gasteiger partial charge in [-0.2, -0.15) is 26.3 Å². The van der Waals surface area contributed by atoms with E-state index in [-0.39, 0.29) is 21.2 Å². The number of aryl methyl sites for hydroxylation is 1. The highest BCUT2D eigenvalue weighted by Crippen LogP contribution is 2.36. The van der Waals surface area contributed by atoms with Crippen LogP contribution in [0.1, 0.15) is 5.56 Å². The van der Waals surface area contributed by atoms with Gasteiger partial charge in [0.15, 0.2) is 0 Å². The van der Waals surface area contributed by atoms with E-state index in [1.807, 2.05) is 0 Å². The molecule has 0 bridgehead atoms. The van der Waals surface area contributed by atoms with Gasteiger partial charge >= 0.3 is 12.4 Å². The van der Waals surface area contributed by atoms with Crippen molar-refractivity contribution in [2.24, 2.45) is 10.7 Å². The molecule has 10 heteroatoms. The van der Waals surface area contributed by atoms with Gasteiger partial charge in [0.05, 0.1) is 16.5 Å². The van der Waals surface area contributed by atoms with E-state index < -0.39 is 23.9 Å². The molecule has 1 rings (SSSR count). The van der Waals surface area contributed by atoms with Gasteiger partial charge in [0.25, 0.3) is 0 Å². The quantitative estimate of drug-likeness (QED) is 0.366. The topological polar surface area (TPSA) is 38.4 Å². The van der Waals surface area contributed by atoms with Crippen LogP contribution in [-0.4, -0.2) is 23.9 Å². The third-order valence-corrected chi connectivity index (χ3v) is 3.72. The Balaban J connectivity index is 3.12. The Kier molecular flexibility index (Phi) is 5.43. The number of nitrogens with zero attached hydrogens (tertiary/aromatic N) is 1. The molecule has 21 heavy (non-hydrogen) atoms. The van der Waals surface area contributed by atoms with E-state index in [1.54, 1.807) is 0 Å². The van der Waals surface area contributed by atoms with Crippen molar-refractivity contribution in [3.8, 4) is 0 Å². The summed E-state index contributed by atoms with van der Waals surface area (Å²) in [5.74, 6) is -2.80. The highest BCUT2D eigenvalue weighted by molar-refractivity contribution is 7.99. The second-order valence-corrected chi connectivity index (χ2v) is 5.39. The molecule has 0 unspecified atom stereocenters. The first-order valence-corrected chi connectivity index (χ1v) is 6.67. The van der Waals surface area contributed by atoms with Crippen molar-refractivity contribution in [2.75, 3.05) is 5.75 Å². The third kappa shape index (κ3) is 5.66. The van der Waals surface area contributed by atoms with Gasteiger partial charge in [0.2, 0.25) is 5.84 Å². The summed E-state index contributed by atoms with van der Waals surface area (Å²) in [5, 5.41) is 0.00581. The average molecular weight is 351 g/mol. The highest BCUT2D eigenvalue weighted by atomic mass is 35.5. The van der Waals surface area contributed by atoms with Crippen molar-refractivity contribution >= 4 is 34.9 Å². The molecule has 0 heterocycles. The largest absolute Gasteiger partial charge is 0.448 e. The van der Waals surface area contributed by atoms with Crippen LogP contribution in [0.25, 0.3) is 0 Å². The van der Waals surface area contributed by atoms with E-state index in [0.29, 0.717) is 11.8 Å². The molecule has 118 valence electrons. The van der Waals surface area contributed by atoms with Gasteiger partial charge in [-0.1, -0.05) is 11.6 Å². The van der Waals surface area contributed by atoms with Gasteiger partial charge in [-0.25, -0.2) is 4.99 Å². The van der Waals surface area contributed by atoms with Crippen molar-refractivity contribution in [1.82, 2.24) is 0 Å². The van der Waals surface area contributed by atoms with Crippen molar-refractivity contribution in [2.45, 2.75) is 24.2 Å². The van der Waals surface area contributed by atoms with Gasteiger partial charge in [-0.3, -0.25) is 0 Å². The second kappa shape index (κ2) is 6.35. The predicted octanol–water partition coefficient (Wildman–Crippen LogP) is 4.85. The Morgan fingerprint density at radius 3 is 2.29 bits per heavy atom. The Bertz CT molecular complexity index is 553. The number of rotatable bonds is 3. The van der Waals surface area contributed by atoms with Crippen LogP contribution in [0.3, 0.4) is 0 Å². The van der Waals surface area contributed by atoms with Crippen LogP contribution < -0.4 is 5.73 Å². The molecular formula is C11H9ClF6N2S. The molecule has 0 aliphatic heterocycles. The van der Waals surface area contributed by atoms with Crippen molar-refractivity contribution in [3.63, 3.8) is 0 Å². The molecule has 2 N–H and O–H groups in total. The van der Waals surface area contributed by atoms with Crippen molar-refractivity contribution in [1.29, 1.82) is 0 Å². The number of aliphatic imine (C=N–C) groups is 1. The fraction of sp³-hybridized carbons (Fsp3) is 0.364. The standard InChI is InChI=1S/C11H9ClF6N2S/c1-5-2-6(12)8(21-4-10(13,14)15)3-7(5)20-9(19)11(16,17)18/h2-3H,4H2,1H3,(H2,19,20). The Morgan fingerprint density at radius 1 is 1.24 bits per heavy atom. The number of benzene rings is 1. The summed E-state index contributed by atoms with van der Waals surface area (Å²) in [7, 11) is 0. The number of thioether (sulfide) groups is 1. The lowest BCUT2D eigenvalue weighted by molar-refractivity contribution is -0.105. The second-order valence-electron chi connectivity index (χ2n) is 3.97. The molecule has 0 saturated heterocycles. The zero-order valence-corrected chi connectivity index (χ0v) is 12.0. The summed E-state index contributed by atoms with van der Waals surface area (Å²) in [6.45, 7) is 1.42. The van der Waals surface area contributed by atoms with Gasteiger partial charge in [-0.05, 0) is 24.6 Å². The van der Waals surface area contributed by atoms with E-state index in [0.717, 1.165) is 6.07 Å². The number of amidine groups is 1. The summed E-state index contributed by atoms with van der Waals surface area (Å²) in [6.07, 6.45) is -9.24. The van der Waals surface area contributed by atoms with E-state index in [9.17, 15) is 26.3 Å².